The number of ketones is 1. The molecule has 5 nitrogen and oxygen atoms in total. The van der Waals surface area contributed by atoms with Gasteiger partial charge in [0.05, 0.1) is 0 Å². The second kappa shape index (κ2) is 6.04. The third-order valence-corrected chi connectivity index (χ3v) is 4.76. The monoisotopic (exact) mass is 281 g/mol. The van der Waals surface area contributed by atoms with Gasteiger partial charge in [-0.2, -0.15) is 0 Å². The van der Waals surface area contributed by atoms with Crippen molar-refractivity contribution >= 4 is 17.6 Å². The minimum atomic E-state index is -0.427. The van der Waals surface area contributed by atoms with Gasteiger partial charge in [-0.15, -0.1) is 0 Å². The molecule has 5 heteroatoms. The zero-order chi connectivity index (χ0) is 14.9. The summed E-state index contributed by atoms with van der Waals surface area (Å²) in [6, 6.07) is 0. The number of Topliss-reactive ketones (excluding diaryl/α,β-unsaturated/α-hetero) is 1. The molecule has 5 unspecified atom stereocenters. The van der Waals surface area contributed by atoms with Gasteiger partial charge in [-0.05, 0) is 31.1 Å². The molecule has 0 aromatic rings. The van der Waals surface area contributed by atoms with Gasteiger partial charge in [0, 0.05) is 30.8 Å². The Balaban J connectivity index is 2.23. The Morgan fingerprint density at radius 1 is 1.20 bits per heavy atom. The largest absolute Gasteiger partial charge is 0.396 e. The normalized spacial score (nSPS) is 38.8. The van der Waals surface area contributed by atoms with Gasteiger partial charge in [0.25, 0.3) is 0 Å². The van der Waals surface area contributed by atoms with Crippen LogP contribution < -0.4 is 5.32 Å². The molecule has 2 fully saturated rings. The zero-order valence-electron chi connectivity index (χ0n) is 12.1. The second-order valence-corrected chi connectivity index (χ2v) is 6.39. The molecular formula is C15H23NO4. The number of carbonyl (C=O) groups is 3. The number of aliphatic hydroxyl groups is 1. The Kier molecular flexibility index (Phi) is 4.58. The number of imide groups is 1. The highest BCUT2D eigenvalue weighted by Crippen LogP contribution is 2.40. The Labute approximate surface area is 119 Å². The lowest BCUT2D eigenvalue weighted by molar-refractivity contribution is -0.144. The smallest absolute Gasteiger partial charge is 0.230 e. The van der Waals surface area contributed by atoms with Crippen molar-refractivity contribution in [3.05, 3.63) is 0 Å². The molecule has 0 bridgehead atoms. The van der Waals surface area contributed by atoms with E-state index in [9.17, 15) is 14.4 Å². The number of piperidine rings is 1. The average Bonchev–Trinajstić information content (AvgIpc) is 2.37. The Hall–Kier alpha value is -1.23. The van der Waals surface area contributed by atoms with Crippen molar-refractivity contribution in [2.45, 2.75) is 39.5 Å². The van der Waals surface area contributed by atoms with Crippen LogP contribution in [0.15, 0.2) is 0 Å². The maximum Gasteiger partial charge on any atom is 0.230 e. The number of carbonyl (C=O) groups excluding carboxylic acids is 3. The summed E-state index contributed by atoms with van der Waals surface area (Å²) in [7, 11) is 0. The Bertz CT molecular complexity index is 420. The van der Waals surface area contributed by atoms with Gasteiger partial charge < -0.3 is 5.11 Å². The molecule has 112 valence electrons. The van der Waals surface area contributed by atoms with Gasteiger partial charge in [-0.1, -0.05) is 13.8 Å². The maximum absolute atomic E-state index is 12.4. The van der Waals surface area contributed by atoms with Crippen LogP contribution in [0, 0.1) is 29.6 Å². The van der Waals surface area contributed by atoms with Crippen LogP contribution in [0.1, 0.15) is 39.5 Å². The molecule has 0 spiro atoms. The molecule has 20 heavy (non-hydrogen) atoms. The molecule has 1 heterocycles. The van der Waals surface area contributed by atoms with Gasteiger partial charge in [-0.25, -0.2) is 0 Å². The summed E-state index contributed by atoms with van der Waals surface area (Å²) in [5.74, 6) is -0.919. The highest BCUT2D eigenvalue weighted by atomic mass is 16.3. The van der Waals surface area contributed by atoms with Crippen molar-refractivity contribution in [2.75, 3.05) is 6.61 Å². The fourth-order valence-electron chi connectivity index (χ4n) is 3.86. The first-order chi connectivity index (χ1) is 9.43. The van der Waals surface area contributed by atoms with E-state index in [1.165, 1.54) is 0 Å². The minimum Gasteiger partial charge on any atom is -0.396 e. The molecule has 1 aliphatic heterocycles. The number of rotatable bonds is 3. The van der Waals surface area contributed by atoms with Crippen LogP contribution in [-0.4, -0.2) is 29.3 Å². The molecule has 2 N–H and O–H groups in total. The molecule has 0 aromatic heterocycles. The third kappa shape index (κ3) is 2.92. The molecule has 1 saturated heterocycles. The Morgan fingerprint density at radius 3 is 2.55 bits per heavy atom. The first kappa shape index (κ1) is 15.2. The molecule has 2 rings (SSSR count). The van der Waals surface area contributed by atoms with Gasteiger partial charge >= 0.3 is 0 Å². The summed E-state index contributed by atoms with van der Waals surface area (Å²) < 4.78 is 0. The van der Waals surface area contributed by atoms with E-state index in [0.717, 1.165) is 12.8 Å². The van der Waals surface area contributed by atoms with Crippen molar-refractivity contribution in [1.29, 1.82) is 0 Å². The van der Waals surface area contributed by atoms with E-state index in [0.29, 0.717) is 12.3 Å². The van der Waals surface area contributed by atoms with E-state index in [-0.39, 0.29) is 48.4 Å². The molecule has 5 atom stereocenters. The van der Waals surface area contributed by atoms with E-state index < -0.39 is 5.92 Å². The molecule has 1 aliphatic carbocycles. The van der Waals surface area contributed by atoms with Crippen molar-refractivity contribution in [2.24, 2.45) is 29.6 Å². The fourth-order valence-corrected chi connectivity index (χ4v) is 3.86. The molecule has 0 aromatic carbocycles. The molecular weight excluding hydrogens is 258 g/mol. The number of hydrogen-bond donors (Lipinski definition) is 2. The second-order valence-electron chi connectivity index (χ2n) is 6.39. The Morgan fingerprint density at radius 2 is 1.90 bits per heavy atom. The van der Waals surface area contributed by atoms with E-state index in [1.807, 2.05) is 6.92 Å². The highest BCUT2D eigenvalue weighted by molar-refractivity contribution is 6.00. The third-order valence-electron chi connectivity index (χ3n) is 4.76. The van der Waals surface area contributed by atoms with Crippen LogP contribution in [0.3, 0.4) is 0 Å². The van der Waals surface area contributed by atoms with Crippen LogP contribution in [0.25, 0.3) is 0 Å². The van der Waals surface area contributed by atoms with Crippen molar-refractivity contribution < 1.29 is 19.5 Å². The van der Waals surface area contributed by atoms with E-state index >= 15 is 0 Å². The number of amides is 2. The lowest BCUT2D eigenvalue weighted by Gasteiger charge is -2.40. The summed E-state index contributed by atoms with van der Waals surface area (Å²) in [6.07, 6.45) is 2.16. The predicted molar refractivity (Wildman–Crippen MR) is 72.5 cm³/mol. The van der Waals surface area contributed by atoms with Crippen molar-refractivity contribution in [3.8, 4) is 0 Å². The zero-order valence-corrected chi connectivity index (χ0v) is 12.1. The maximum atomic E-state index is 12.4. The number of hydrogen-bond acceptors (Lipinski definition) is 4. The van der Waals surface area contributed by atoms with E-state index in [2.05, 4.69) is 12.2 Å². The van der Waals surface area contributed by atoms with Crippen LogP contribution >= 0.6 is 0 Å². The quantitative estimate of drug-likeness (QED) is 0.753. The molecule has 0 radical (unpaired) electrons. The lowest BCUT2D eigenvalue weighted by Crippen LogP contribution is -2.51. The summed E-state index contributed by atoms with van der Waals surface area (Å²) in [5, 5.41) is 11.5. The van der Waals surface area contributed by atoms with Gasteiger partial charge in [0.2, 0.25) is 11.8 Å². The van der Waals surface area contributed by atoms with Crippen molar-refractivity contribution in [3.63, 3.8) is 0 Å². The average molecular weight is 281 g/mol. The van der Waals surface area contributed by atoms with E-state index in [1.54, 1.807) is 0 Å². The predicted octanol–water partition coefficient (Wildman–Crippen LogP) is 0.899. The summed E-state index contributed by atoms with van der Waals surface area (Å²) in [4.78, 5) is 36.0. The van der Waals surface area contributed by atoms with Crippen LogP contribution in [0.2, 0.25) is 0 Å². The van der Waals surface area contributed by atoms with Crippen LogP contribution in [-0.2, 0) is 14.4 Å². The molecule has 1 saturated carbocycles. The first-order valence-electron chi connectivity index (χ1n) is 7.42. The van der Waals surface area contributed by atoms with Gasteiger partial charge in [0.1, 0.15) is 5.78 Å². The highest BCUT2D eigenvalue weighted by Gasteiger charge is 2.45. The van der Waals surface area contributed by atoms with E-state index in [4.69, 9.17) is 5.11 Å². The summed E-state index contributed by atoms with van der Waals surface area (Å²) in [6.45, 7) is 3.94. The first-order valence-corrected chi connectivity index (χ1v) is 7.42. The number of nitrogens with one attached hydrogen (secondary N) is 1. The van der Waals surface area contributed by atoms with Gasteiger partial charge in [-0.3, -0.25) is 19.7 Å². The van der Waals surface area contributed by atoms with Crippen molar-refractivity contribution in [1.82, 2.24) is 5.32 Å². The summed E-state index contributed by atoms with van der Waals surface area (Å²) >= 11 is 0. The van der Waals surface area contributed by atoms with Crippen LogP contribution in [0.5, 0.6) is 0 Å². The standard InChI is InChI=1S/C15H23NO4/c1-8-5-9(2)14(19)12(6-8)11-7-13(18)16-15(20)10(11)3-4-17/h8-12,17H,3-7H2,1-2H3,(H,16,18,20). The molecule has 2 aliphatic rings. The van der Waals surface area contributed by atoms with Crippen LogP contribution in [0.4, 0.5) is 0 Å². The topological polar surface area (TPSA) is 83.5 Å². The number of aliphatic hydroxyl groups excluding tert-OH is 1. The lowest BCUT2D eigenvalue weighted by atomic mass is 9.65. The minimum absolute atomic E-state index is 0.00128. The summed E-state index contributed by atoms with van der Waals surface area (Å²) in [5.41, 5.74) is 0. The fraction of sp³-hybridized carbons (Fsp3) is 0.800. The van der Waals surface area contributed by atoms with Gasteiger partial charge in [0.15, 0.2) is 0 Å². The molecule has 2 amide bonds. The SMILES string of the molecule is CC1CC(C)C(=O)C(C2CC(=O)NC(=O)C2CCO)C1.